The number of nitrogen functional groups attached to an aromatic ring is 1. The number of nitrogens with zero attached hydrogens (tertiary/aromatic N) is 4. The number of aromatic nitrogens is 3. The minimum Gasteiger partial charge on any atom is -0.367 e. The standard InChI is InChI=1S/C19H20BF2N5/c1-5-24-16-10(2)6-11(7-12(16)21)15-13(22)9-27-17(15)14(8-19(3,4)20)25-18(23)26-27/h5-7,9H,8H2,1-4H3,(H2,23,26). The molecule has 2 N–H and O–H groups in total. The first kappa shape index (κ1) is 19.0. The number of fused-ring (bicyclic) bond motifs is 1. The number of aryl methyl sites for hydroxylation is 1. The number of nitrogens with two attached hydrogens (primary N) is 1. The Balaban J connectivity index is 2.31. The monoisotopic (exact) mass is 367 g/mol. The Morgan fingerprint density at radius 3 is 2.59 bits per heavy atom. The second kappa shape index (κ2) is 6.76. The molecule has 138 valence electrons. The highest BCUT2D eigenvalue weighted by atomic mass is 19.1. The molecule has 0 fully saturated rings. The first-order valence-corrected chi connectivity index (χ1v) is 8.52. The van der Waals surface area contributed by atoms with Gasteiger partial charge in [-0.15, -0.1) is 5.10 Å². The molecule has 2 heterocycles. The molecule has 0 aliphatic carbocycles. The summed E-state index contributed by atoms with van der Waals surface area (Å²) in [7, 11) is 6.13. The maximum absolute atomic E-state index is 14.8. The SMILES string of the molecule is [B]C(C)(C)Cc1nc(N)nn2cc(F)c(-c3cc(C)c(N=CC)c(F)c3)c12. The Hall–Kier alpha value is -2.77. The van der Waals surface area contributed by atoms with Crippen LogP contribution in [0.2, 0.25) is 5.31 Å². The molecule has 1 aromatic carbocycles. The molecule has 0 amide bonds. The number of anilines is 1. The molecule has 0 spiro atoms. The van der Waals surface area contributed by atoms with Crippen LogP contribution in [0.25, 0.3) is 16.6 Å². The van der Waals surface area contributed by atoms with E-state index in [1.165, 1.54) is 23.0 Å². The fraction of sp³-hybridized carbons (Fsp3) is 0.316. The third-order valence-corrected chi connectivity index (χ3v) is 4.10. The summed E-state index contributed by atoms with van der Waals surface area (Å²) < 4.78 is 30.7. The van der Waals surface area contributed by atoms with Crippen molar-refractivity contribution in [1.29, 1.82) is 0 Å². The lowest BCUT2D eigenvalue weighted by molar-refractivity contribution is 0.624. The van der Waals surface area contributed by atoms with E-state index in [2.05, 4.69) is 15.1 Å². The summed E-state index contributed by atoms with van der Waals surface area (Å²) in [4.78, 5) is 8.29. The topological polar surface area (TPSA) is 68.6 Å². The van der Waals surface area contributed by atoms with Crippen LogP contribution in [0.15, 0.2) is 23.3 Å². The smallest absolute Gasteiger partial charge is 0.238 e. The maximum atomic E-state index is 14.8. The van der Waals surface area contributed by atoms with Crippen molar-refractivity contribution >= 4 is 31.2 Å². The average molecular weight is 367 g/mol. The van der Waals surface area contributed by atoms with Gasteiger partial charge in [0.05, 0.1) is 25.3 Å². The Kier molecular flexibility index (Phi) is 4.76. The summed E-state index contributed by atoms with van der Waals surface area (Å²) in [6.45, 7) is 7.10. The predicted octanol–water partition coefficient (Wildman–Crippen LogP) is 4.20. The second-order valence-corrected chi connectivity index (χ2v) is 7.24. The molecule has 3 rings (SSSR count). The molecule has 3 aromatic rings. The number of benzene rings is 1. The summed E-state index contributed by atoms with van der Waals surface area (Å²) in [5.41, 5.74) is 8.10. The van der Waals surface area contributed by atoms with Crippen LogP contribution in [-0.4, -0.2) is 28.7 Å². The zero-order chi connectivity index (χ0) is 19.9. The summed E-state index contributed by atoms with van der Waals surface area (Å²) >= 11 is 0. The van der Waals surface area contributed by atoms with Crippen molar-refractivity contribution in [2.24, 2.45) is 4.99 Å². The summed E-state index contributed by atoms with van der Waals surface area (Å²) in [6.07, 6.45) is 3.07. The molecular formula is C19H20BF2N5. The highest BCUT2D eigenvalue weighted by Crippen LogP contribution is 2.37. The first-order chi connectivity index (χ1) is 12.6. The van der Waals surface area contributed by atoms with Crippen molar-refractivity contribution in [2.45, 2.75) is 39.4 Å². The lowest BCUT2D eigenvalue weighted by Crippen LogP contribution is -2.12. The van der Waals surface area contributed by atoms with Gasteiger partial charge >= 0.3 is 0 Å². The van der Waals surface area contributed by atoms with E-state index in [0.717, 1.165) is 0 Å². The average Bonchev–Trinajstić information content (AvgIpc) is 2.85. The lowest BCUT2D eigenvalue weighted by Gasteiger charge is -2.19. The van der Waals surface area contributed by atoms with Gasteiger partial charge in [0.25, 0.3) is 0 Å². The number of aliphatic imine (C=N–C) groups is 1. The third-order valence-electron chi connectivity index (χ3n) is 4.10. The van der Waals surface area contributed by atoms with Gasteiger partial charge in [0.15, 0.2) is 5.82 Å². The zero-order valence-electron chi connectivity index (χ0n) is 15.7. The maximum Gasteiger partial charge on any atom is 0.238 e. The van der Waals surface area contributed by atoms with Crippen molar-refractivity contribution in [2.75, 3.05) is 5.73 Å². The van der Waals surface area contributed by atoms with Gasteiger partial charge in [-0.3, -0.25) is 4.99 Å². The molecule has 8 heteroatoms. The van der Waals surface area contributed by atoms with Crippen molar-refractivity contribution in [3.63, 3.8) is 0 Å². The second-order valence-electron chi connectivity index (χ2n) is 7.24. The number of halogens is 2. The molecule has 0 bridgehead atoms. The van der Waals surface area contributed by atoms with E-state index in [9.17, 15) is 8.78 Å². The van der Waals surface area contributed by atoms with E-state index < -0.39 is 16.9 Å². The van der Waals surface area contributed by atoms with Crippen molar-refractivity contribution in [3.8, 4) is 11.1 Å². The Morgan fingerprint density at radius 2 is 2.00 bits per heavy atom. The van der Waals surface area contributed by atoms with Crippen LogP contribution in [0.5, 0.6) is 0 Å². The Labute approximate surface area is 157 Å². The minimum absolute atomic E-state index is 0.0123. The van der Waals surface area contributed by atoms with Gasteiger partial charge in [-0.25, -0.2) is 18.3 Å². The van der Waals surface area contributed by atoms with Crippen LogP contribution in [0.4, 0.5) is 20.4 Å². The summed E-state index contributed by atoms with van der Waals surface area (Å²) in [5, 5.41) is 3.45. The molecule has 0 unspecified atom stereocenters. The van der Waals surface area contributed by atoms with Gasteiger partial charge < -0.3 is 5.73 Å². The Morgan fingerprint density at radius 1 is 1.30 bits per heavy atom. The number of rotatable bonds is 4. The van der Waals surface area contributed by atoms with Crippen LogP contribution in [-0.2, 0) is 6.42 Å². The molecule has 27 heavy (non-hydrogen) atoms. The fourth-order valence-electron chi connectivity index (χ4n) is 3.15. The predicted molar refractivity (Wildman–Crippen MR) is 105 cm³/mol. The molecule has 0 aliphatic heterocycles. The molecule has 0 aliphatic rings. The number of hydrogen-bond acceptors (Lipinski definition) is 4. The molecule has 0 saturated heterocycles. The number of hydrogen-bond donors (Lipinski definition) is 1. The highest BCUT2D eigenvalue weighted by molar-refractivity contribution is 6.14. The molecule has 0 saturated carbocycles. The van der Waals surface area contributed by atoms with Gasteiger partial charge in [-0.05, 0) is 43.5 Å². The van der Waals surface area contributed by atoms with E-state index in [-0.39, 0.29) is 17.2 Å². The molecule has 2 aromatic heterocycles. The van der Waals surface area contributed by atoms with E-state index in [4.69, 9.17) is 13.6 Å². The zero-order valence-corrected chi connectivity index (χ0v) is 15.7. The van der Waals surface area contributed by atoms with E-state index in [0.29, 0.717) is 28.8 Å². The highest BCUT2D eigenvalue weighted by Gasteiger charge is 2.23. The minimum atomic E-state index is -0.597. The normalized spacial score (nSPS) is 12.4. The fourth-order valence-corrected chi connectivity index (χ4v) is 3.15. The van der Waals surface area contributed by atoms with E-state index >= 15 is 0 Å². The summed E-state index contributed by atoms with van der Waals surface area (Å²) in [5.74, 6) is -1.06. The lowest BCUT2D eigenvalue weighted by atomic mass is 9.69. The van der Waals surface area contributed by atoms with Crippen LogP contribution < -0.4 is 5.73 Å². The van der Waals surface area contributed by atoms with Crippen LogP contribution in [0.3, 0.4) is 0 Å². The van der Waals surface area contributed by atoms with Crippen LogP contribution >= 0.6 is 0 Å². The van der Waals surface area contributed by atoms with Crippen LogP contribution in [0, 0.1) is 18.6 Å². The van der Waals surface area contributed by atoms with Crippen molar-refractivity contribution in [3.05, 3.63) is 41.2 Å². The van der Waals surface area contributed by atoms with Gasteiger partial charge in [-0.2, -0.15) is 0 Å². The van der Waals surface area contributed by atoms with Crippen molar-refractivity contribution < 1.29 is 8.78 Å². The first-order valence-electron chi connectivity index (χ1n) is 8.52. The quantitative estimate of drug-likeness (QED) is 0.555. The third kappa shape index (κ3) is 3.70. The Bertz CT molecular complexity index is 1030. The summed E-state index contributed by atoms with van der Waals surface area (Å²) in [6, 6.07) is 2.96. The van der Waals surface area contributed by atoms with E-state index in [1.54, 1.807) is 19.9 Å². The molecule has 2 radical (unpaired) electrons. The van der Waals surface area contributed by atoms with Gasteiger partial charge in [0.1, 0.15) is 11.5 Å². The van der Waals surface area contributed by atoms with Gasteiger partial charge in [0.2, 0.25) is 5.95 Å². The molecule has 5 nitrogen and oxygen atoms in total. The largest absolute Gasteiger partial charge is 0.367 e. The van der Waals surface area contributed by atoms with Crippen molar-refractivity contribution in [1.82, 2.24) is 14.6 Å². The van der Waals surface area contributed by atoms with Gasteiger partial charge in [-0.1, -0.05) is 19.2 Å². The van der Waals surface area contributed by atoms with Gasteiger partial charge in [0, 0.05) is 11.8 Å². The van der Waals surface area contributed by atoms with E-state index in [1.807, 2.05) is 13.8 Å². The molecule has 0 atom stereocenters. The molecular weight excluding hydrogens is 347 g/mol. The van der Waals surface area contributed by atoms with Crippen LogP contribution in [0.1, 0.15) is 32.0 Å².